The average Bonchev–Trinajstić information content (AvgIpc) is 2.78. The van der Waals surface area contributed by atoms with Gasteiger partial charge < -0.3 is 15.3 Å². The van der Waals surface area contributed by atoms with Gasteiger partial charge in [-0.05, 0) is 25.0 Å². The van der Waals surface area contributed by atoms with Gasteiger partial charge in [0.15, 0.2) is 0 Å². The molecule has 0 spiro atoms. The van der Waals surface area contributed by atoms with E-state index in [1.807, 2.05) is 25.2 Å². The van der Waals surface area contributed by atoms with Crippen molar-refractivity contribution in [1.82, 2.24) is 9.97 Å². The second-order valence-corrected chi connectivity index (χ2v) is 5.52. The fourth-order valence-corrected chi connectivity index (χ4v) is 3.04. The van der Waals surface area contributed by atoms with Gasteiger partial charge in [0.05, 0.1) is 18.2 Å². The monoisotopic (exact) mass is 286 g/mol. The number of aliphatic hydroxyl groups excluding tert-OH is 1. The van der Waals surface area contributed by atoms with Crippen LogP contribution in [0.5, 0.6) is 0 Å². The second kappa shape index (κ2) is 6.26. The Labute approximate surface area is 125 Å². The van der Waals surface area contributed by atoms with Crippen LogP contribution in [-0.2, 0) is 0 Å². The molecule has 1 unspecified atom stereocenters. The lowest BCUT2D eigenvalue weighted by atomic mass is 10.1. The molecule has 3 rings (SSSR count). The third kappa shape index (κ3) is 2.78. The Hall–Kier alpha value is -1.88. The maximum atomic E-state index is 9.75. The van der Waals surface area contributed by atoms with Crippen LogP contribution >= 0.6 is 0 Å². The molecule has 2 N–H and O–H groups in total. The molecule has 21 heavy (non-hydrogen) atoms. The number of para-hydroxylation sites is 1. The normalized spacial score (nSPS) is 19.5. The van der Waals surface area contributed by atoms with E-state index in [1.165, 1.54) is 12.8 Å². The Balaban J connectivity index is 2.12. The molecule has 2 aromatic rings. The molecule has 1 aliphatic heterocycles. The van der Waals surface area contributed by atoms with Gasteiger partial charge in [-0.1, -0.05) is 25.0 Å². The van der Waals surface area contributed by atoms with E-state index < -0.39 is 0 Å². The lowest BCUT2D eigenvalue weighted by Gasteiger charge is -2.30. The summed E-state index contributed by atoms with van der Waals surface area (Å²) in [5.41, 5.74) is 0.938. The molecule has 5 heteroatoms. The van der Waals surface area contributed by atoms with Gasteiger partial charge in [-0.15, -0.1) is 0 Å². The molecule has 5 nitrogen and oxygen atoms in total. The van der Waals surface area contributed by atoms with Crippen molar-refractivity contribution in [2.75, 3.05) is 30.4 Å². The summed E-state index contributed by atoms with van der Waals surface area (Å²) >= 11 is 0. The highest BCUT2D eigenvalue weighted by atomic mass is 16.3. The summed E-state index contributed by atoms with van der Waals surface area (Å²) < 4.78 is 0. The summed E-state index contributed by atoms with van der Waals surface area (Å²) in [7, 11) is 1.83. The van der Waals surface area contributed by atoms with Crippen LogP contribution in [0.4, 0.5) is 11.8 Å². The van der Waals surface area contributed by atoms with Crippen LogP contribution in [0.3, 0.4) is 0 Å². The number of anilines is 2. The van der Waals surface area contributed by atoms with Crippen molar-refractivity contribution in [3.63, 3.8) is 0 Å². The predicted molar refractivity (Wildman–Crippen MR) is 85.8 cm³/mol. The minimum absolute atomic E-state index is 0.149. The SMILES string of the molecule is CNc1nc(N2CCCCCC2CO)c2ccccc2n1. The molecule has 0 aliphatic carbocycles. The molecule has 1 atom stereocenters. The first-order valence-electron chi connectivity index (χ1n) is 7.65. The van der Waals surface area contributed by atoms with E-state index in [4.69, 9.17) is 0 Å². The molecule has 1 aromatic carbocycles. The van der Waals surface area contributed by atoms with Crippen LogP contribution in [0.25, 0.3) is 10.9 Å². The number of nitrogens with zero attached hydrogens (tertiary/aromatic N) is 3. The highest BCUT2D eigenvalue weighted by Gasteiger charge is 2.23. The van der Waals surface area contributed by atoms with Crippen LogP contribution in [-0.4, -0.2) is 41.3 Å². The van der Waals surface area contributed by atoms with Gasteiger partial charge in [-0.3, -0.25) is 0 Å². The molecular formula is C16H22N4O. The van der Waals surface area contributed by atoms with Gasteiger partial charge in [0.1, 0.15) is 5.82 Å². The third-order valence-corrected chi connectivity index (χ3v) is 4.17. The maximum Gasteiger partial charge on any atom is 0.224 e. The number of fused-ring (bicyclic) bond motifs is 1. The number of hydrogen-bond donors (Lipinski definition) is 2. The molecule has 0 saturated carbocycles. The summed E-state index contributed by atoms with van der Waals surface area (Å²) in [6.45, 7) is 1.11. The zero-order chi connectivity index (χ0) is 14.7. The number of nitrogens with one attached hydrogen (secondary N) is 1. The zero-order valence-corrected chi connectivity index (χ0v) is 12.4. The molecule has 0 radical (unpaired) electrons. The van der Waals surface area contributed by atoms with Gasteiger partial charge in [0.2, 0.25) is 5.95 Å². The van der Waals surface area contributed by atoms with Gasteiger partial charge in [0.25, 0.3) is 0 Å². The maximum absolute atomic E-state index is 9.75. The summed E-state index contributed by atoms with van der Waals surface area (Å²) in [6.07, 6.45) is 4.55. The topological polar surface area (TPSA) is 61.3 Å². The lowest BCUT2D eigenvalue weighted by Crippen LogP contribution is -2.38. The molecule has 112 valence electrons. The summed E-state index contributed by atoms with van der Waals surface area (Å²) in [5, 5.41) is 13.8. The van der Waals surface area contributed by atoms with Crippen LogP contribution in [0.2, 0.25) is 0 Å². The Bertz CT molecular complexity index is 616. The molecule has 1 fully saturated rings. The highest BCUT2D eigenvalue weighted by Crippen LogP contribution is 2.29. The van der Waals surface area contributed by atoms with Crippen molar-refractivity contribution < 1.29 is 5.11 Å². The quantitative estimate of drug-likeness (QED) is 0.907. The fraction of sp³-hybridized carbons (Fsp3) is 0.500. The largest absolute Gasteiger partial charge is 0.394 e. The first-order valence-corrected chi connectivity index (χ1v) is 7.65. The highest BCUT2D eigenvalue weighted by molar-refractivity contribution is 5.90. The van der Waals surface area contributed by atoms with Crippen molar-refractivity contribution in [2.45, 2.75) is 31.7 Å². The van der Waals surface area contributed by atoms with Gasteiger partial charge in [-0.25, -0.2) is 4.98 Å². The van der Waals surface area contributed by atoms with Gasteiger partial charge >= 0.3 is 0 Å². The molecule has 1 saturated heterocycles. The summed E-state index contributed by atoms with van der Waals surface area (Å²) in [4.78, 5) is 11.4. The number of benzene rings is 1. The number of hydrogen-bond acceptors (Lipinski definition) is 5. The predicted octanol–water partition coefficient (Wildman–Crippen LogP) is 2.41. The summed E-state index contributed by atoms with van der Waals surface area (Å²) in [5.74, 6) is 1.57. The number of aromatic nitrogens is 2. The van der Waals surface area contributed by atoms with E-state index in [1.54, 1.807) is 0 Å². The standard InChI is InChI=1S/C16H22N4O/c1-17-16-18-14-9-5-4-8-13(14)15(19-16)20-10-6-2-3-7-12(20)11-21/h4-5,8-9,12,21H,2-3,6-7,10-11H2,1H3,(H,17,18,19). The van der Waals surface area contributed by atoms with E-state index in [9.17, 15) is 5.11 Å². The molecule has 1 aliphatic rings. The lowest BCUT2D eigenvalue weighted by molar-refractivity contribution is 0.255. The smallest absolute Gasteiger partial charge is 0.224 e. The first-order chi connectivity index (χ1) is 10.3. The molecule has 0 bridgehead atoms. The van der Waals surface area contributed by atoms with E-state index >= 15 is 0 Å². The number of aliphatic hydroxyl groups is 1. The second-order valence-electron chi connectivity index (χ2n) is 5.52. The van der Waals surface area contributed by atoms with Gasteiger partial charge in [-0.2, -0.15) is 4.98 Å². The van der Waals surface area contributed by atoms with Crippen molar-refractivity contribution in [3.05, 3.63) is 24.3 Å². The van der Waals surface area contributed by atoms with Gasteiger partial charge in [0, 0.05) is 19.0 Å². The first kappa shape index (κ1) is 14.1. The van der Waals surface area contributed by atoms with Crippen LogP contribution < -0.4 is 10.2 Å². The Morgan fingerprint density at radius 1 is 1.24 bits per heavy atom. The van der Waals surface area contributed by atoms with Crippen LogP contribution in [0.1, 0.15) is 25.7 Å². The van der Waals surface area contributed by atoms with Crippen molar-refractivity contribution in [3.8, 4) is 0 Å². The Morgan fingerprint density at radius 2 is 2.10 bits per heavy atom. The van der Waals surface area contributed by atoms with Crippen LogP contribution in [0, 0.1) is 0 Å². The van der Waals surface area contributed by atoms with E-state index in [-0.39, 0.29) is 12.6 Å². The molecule has 1 aromatic heterocycles. The summed E-state index contributed by atoms with van der Waals surface area (Å²) in [6, 6.07) is 8.22. The minimum Gasteiger partial charge on any atom is -0.394 e. The molecular weight excluding hydrogens is 264 g/mol. The molecule has 2 heterocycles. The van der Waals surface area contributed by atoms with E-state index in [2.05, 4.69) is 26.3 Å². The average molecular weight is 286 g/mol. The van der Waals surface area contributed by atoms with Crippen molar-refractivity contribution in [1.29, 1.82) is 0 Å². The Kier molecular flexibility index (Phi) is 4.20. The van der Waals surface area contributed by atoms with Crippen molar-refractivity contribution >= 4 is 22.7 Å². The van der Waals surface area contributed by atoms with E-state index in [0.29, 0.717) is 5.95 Å². The fourth-order valence-electron chi connectivity index (χ4n) is 3.04. The van der Waals surface area contributed by atoms with Crippen LogP contribution in [0.15, 0.2) is 24.3 Å². The van der Waals surface area contributed by atoms with Crippen molar-refractivity contribution in [2.24, 2.45) is 0 Å². The minimum atomic E-state index is 0.149. The third-order valence-electron chi connectivity index (χ3n) is 4.17. The molecule has 0 amide bonds. The Morgan fingerprint density at radius 3 is 2.90 bits per heavy atom. The zero-order valence-electron chi connectivity index (χ0n) is 12.4. The van der Waals surface area contributed by atoms with E-state index in [0.717, 1.165) is 36.1 Å². The number of rotatable bonds is 3.